The van der Waals surface area contributed by atoms with E-state index in [9.17, 15) is 4.79 Å². The molecule has 1 aliphatic rings. The summed E-state index contributed by atoms with van der Waals surface area (Å²) in [5, 5.41) is 0. The molecule has 2 aromatic rings. The number of anilines is 1. The molecule has 0 saturated carbocycles. The van der Waals surface area contributed by atoms with Gasteiger partial charge in [0.1, 0.15) is 5.75 Å². The van der Waals surface area contributed by atoms with E-state index in [2.05, 4.69) is 67.2 Å². The predicted octanol–water partition coefficient (Wildman–Crippen LogP) is 3.87. The number of ether oxygens (including phenoxy) is 1. The van der Waals surface area contributed by atoms with Crippen molar-refractivity contribution < 1.29 is 9.53 Å². The maximum Gasteiger partial charge on any atom is 0.178 e. The van der Waals surface area contributed by atoms with Crippen LogP contribution in [0, 0.1) is 13.8 Å². The number of carbonyl (C=O) groups excluding carboxylic acids is 1. The summed E-state index contributed by atoms with van der Waals surface area (Å²) >= 11 is 0. The monoisotopic (exact) mass is 383 g/mol. The smallest absolute Gasteiger partial charge is 0.178 e. The minimum Gasteiger partial charge on any atom is -0.497 e. The van der Waals surface area contributed by atoms with E-state index < -0.39 is 0 Å². The Balaban J connectivity index is 1.61. The van der Waals surface area contributed by atoms with Gasteiger partial charge in [-0.3, -0.25) is 9.69 Å². The molecule has 152 valence electrons. The number of aromatic nitrogens is 1. The Morgan fingerprint density at radius 1 is 1.04 bits per heavy atom. The van der Waals surface area contributed by atoms with Gasteiger partial charge in [0.2, 0.25) is 0 Å². The molecule has 0 aliphatic carbocycles. The average Bonchev–Trinajstić information content (AvgIpc) is 2.97. The van der Waals surface area contributed by atoms with Gasteiger partial charge in [-0.25, -0.2) is 0 Å². The molecule has 1 aromatic heterocycles. The van der Waals surface area contributed by atoms with Crippen molar-refractivity contribution in [1.82, 2.24) is 9.47 Å². The van der Waals surface area contributed by atoms with Crippen LogP contribution in [0.1, 0.15) is 42.5 Å². The maximum absolute atomic E-state index is 13.0. The average molecular weight is 384 g/mol. The van der Waals surface area contributed by atoms with Crippen molar-refractivity contribution in [2.24, 2.45) is 0 Å². The van der Waals surface area contributed by atoms with Crippen LogP contribution in [0.3, 0.4) is 0 Å². The number of benzene rings is 1. The molecule has 0 unspecified atom stereocenters. The van der Waals surface area contributed by atoms with Crippen LogP contribution in [0.2, 0.25) is 0 Å². The number of ketones is 1. The molecule has 0 amide bonds. The van der Waals surface area contributed by atoms with E-state index in [4.69, 9.17) is 4.74 Å². The lowest BCUT2D eigenvalue weighted by atomic mass is 10.1. The van der Waals surface area contributed by atoms with E-state index in [0.717, 1.165) is 48.9 Å². The zero-order valence-corrected chi connectivity index (χ0v) is 18.1. The second-order valence-corrected chi connectivity index (χ2v) is 8.68. The fraction of sp³-hybridized carbons (Fsp3) is 0.522. The van der Waals surface area contributed by atoms with Crippen molar-refractivity contribution >= 4 is 11.5 Å². The SMILES string of the molecule is COc1ccc(N2CCN(CC(=O)c3cc(C)n(C(C)(C)C)c3C)CC2)cc1. The summed E-state index contributed by atoms with van der Waals surface area (Å²) in [6.45, 7) is 14.8. The Labute approximate surface area is 168 Å². The summed E-state index contributed by atoms with van der Waals surface area (Å²) in [6, 6.07) is 10.2. The van der Waals surface area contributed by atoms with Crippen molar-refractivity contribution in [3.05, 3.63) is 47.3 Å². The minimum absolute atomic E-state index is 0.0172. The standard InChI is InChI=1S/C23H33N3O2/c1-17-15-21(18(2)26(17)23(3,4)5)22(27)16-24-11-13-25(14-12-24)19-7-9-20(28-6)10-8-19/h7-10,15H,11-14,16H2,1-6H3. The van der Waals surface area contributed by atoms with E-state index in [1.54, 1.807) is 7.11 Å². The molecule has 0 radical (unpaired) electrons. The molecule has 1 aromatic carbocycles. The van der Waals surface area contributed by atoms with Gasteiger partial charge in [0, 0.05) is 54.4 Å². The number of rotatable bonds is 5. The number of hydrogen-bond acceptors (Lipinski definition) is 4. The molecule has 28 heavy (non-hydrogen) atoms. The lowest BCUT2D eigenvalue weighted by Crippen LogP contribution is -2.48. The zero-order valence-electron chi connectivity index (χ0n) is 18.1. The molecular formula is C23H33N3O2. The first kappa shape index (κ1) is 20.5. The van der Waals surface area contributed by atoms with Crippen LogP contribution in [0.5, 0.6) is 5.75 Å². The lowest BCUT2D eigenvalue weighted by molar-refractivity contribution is 0.0925. The van der Waals surface area contributed by atoms with Crippen LogP contribution in [0.25, 0.3) is 0 Å². The number of carbonyl (C=O) groups is 1. The Kier molecular flexibility index (Phi) is 5.84. The quantitative estimate of drug-likeness (QED) is 0.735. The van der Waals surface area contributed by atoms with E-state index in [0.29, 0.717) is 6.54 Å². The Bertz CT molecular complexity index is 823. The second kappa shape index (κ2) is 8.00. The number of Topliss-reactive ketones (excluding diaryl/α,β-unsaturated/α-hetero) is 1. The van der Waals surface area contributed by atoms with Gasteiger partial charge >= 0.3 is 0 Å². The van der Waals surface area contributed by atoms with Crippen LogP contribution < -0.4 is 9.64 Å². The van der Waals surface area contributed by atoms with Crippen molar-refractivity contribution in [2.75, 3.05) is 44.7 Å². The molecular weight excluding hydrogens is 350 g/mol. The normalized spacial score (nSPS) is 15.7. The molecule has 1 saturated heterocycles. The Morgan fingerprint density at radius 3 is 2.14 bits per heavy atom. The summed E-state index contributed by atoms with van der Waals surface area (Å²) in [5.74, 6) is 1.10. The molecule has 1 fully saturated rings. The summed E-state index contributed by atoms with van der Waals surface area (Å²) in [4.78, 5) is 17.6. The number of nitrogens with zero attached hydrogens (tertiary/aromatic N) is 3. The van der Waals surface area contributed by atoms with Gasteiger partial charge < -0.3 is 14.2 Å². The van der Waals surface area contributed by atoms with Gasteiger partial charge in [-0.1, -0.05) is 0 Å². The zero-order chi connectivity index (χ0) is 20.5. The maximum atomic E-state index is 13.0. The number of aryl methyl sites for hydroxylation is 1. The van der Waals surface area contributed by atoms with Gasteiger partial charge in [-0.2, -0.15) is 0 Å². The molecule has 5 heteroatoms. The van der Waals surface area contributed by atoms with E-state index >= 15 is 0 Å². The van der Waals surface area contributed by atoms with Crippen molar-refractivity contribution in [2.45, 2.75) is 40.2 Å². The highest BCUT2D eigenvalue weighted by Crippen LogP contribution is 2.25. The summed E-state index contributed by atoms with van der Waals surface area (Å²) in [5.41, 5.74) is 4.28. The van der Waals surface area contributed by atoms with E-state index in [1.165, 1.54) is 5.69 Å². The van der Waals surface area contributed by atoms with Gasteiger partial charge in [-0.15, -0.1) is 0 Å². The fourth-order valence-corrected chi connectivity index (χ4v) is 4.32. The molecule has 2 heterocycles. The van der Waals surface area contributed by atoms with Crippen LogP contribution in [0.4, 0.5) is 5.69 Å². The number of methoxy groups -OCH3 is 1. The molecule has 0 spiro atoms. The summed E-state index contributed by atoms with van der Waals surface area (Å²) < 4.78 is 7.50. The van der Waals surface area contributed by atoms with Crippen molar-refractivity contribution in [3.63, 3.8) is 0 Å². The number of hydrogen-bond donors (Lipinski definition) is 0. The first-order chi connectivity index (χ1) is 13.2. The topological polar surface area (TPSA) is 37.7 Å². The van der Waals surface area contributed by atoms with Gasteiger partial charge in [-0.05, 0) is 65.0 Å². The van der Waals surface area contributed by atoms with E-state index in [-0.39, 0.29) is 11.3 Å². The highest BCUT2D eigenvalue weighted by molar-refractivity contribution is 5.99. The minimum atomic E-state index is -0.0172. The second-order valence-electron chi connectivity index (χ2n) is 8.68. The summed E-state index contributed by atoms with van der Waals surface area (Å²) in [6.07, 6.45) is 0. The molecule has 5 nitrogen and oxygen atoms in total. The van der Waals surface area contributed by atoms with Gasteiger partial charge in [0.15, 0.2) is 5.78 Å². The Morgan fingerprint density at radius 2 is 1.64 bits per heavy atom. The molecule has 1 aliphatic heterocycles. The first-order valence-electron chi connectivity index (χ1n) is 10.0. The molecule has 3 rings (SSSR count). The van der Waals surface area contributed by atoms with E-state index in [1.807, 2.05) is 12.1 Å². The highest BCUT2D eigenvalue weighted by atomic mass is 16.5. The van der Waals surface area contributed by atoms with Crippen LogP contribution in [-0.4, -0.2) is 55.1 Å². The molecule has 0 bridgehead atoms. The van der Waals surface area contributed by atoms with Crippen LogP contribution >= 0.6 is 0 Å². The summed E-state index contributed by atoms with van der Waals surface area (Å²) in [7, 11) is 1.68. The Hall–Kier alpha value is -2.27. The van der Waals surface area contributed by atoms with Gasteiger partial charge in [0.25, 0.3) is 0 Å². The number of piperazine rings is 1. The highest BCUT2D eigenvalue weighted by Gasteiger charge is 2.25. The molecule has 0 N–H and O–H groups in total. The van der Waals surface area contributed by atoms with Crippen LogP contribution in [-0.2, 0) is 5.54 Å². The third kappa shape index (κ3) is 4.25. The molecule has 0 atom stereocenters. The third-order valence-corrected chi connectivity index (χ3v) is 5.58. The van der Waals surface area contributed by atoms with Crippen molar-refractivity contribution in [1.29, 1.82) is 0 Å². The first-order valence-corrected chi connectivity index (χ1v) is 10.0. The largest absolute Gasteiger partial charge is 0.497 e. The van der Waals surface area contributed by atoms with Crippen molar-refractivity contribution in [3.8, 4) is 5.75 Å². The fourth-order valence-electron chi connectivity index (χ4n) is 4.32. The van der Waals surface area contributed by atoms with Gasteiger partial charge in [0.05, 0.1) is 13.7 Å². The lowest BCUT2D eigenvalue weighted by Gasteiger charge is -2.35. The third-order valence-electron chi connectivity index (χ3n) is 5.58. The van der Waals surface area contributed by atoms with Crippen LogP contribution in [0.15, 0.2) is 30.3 Å². The predicted molar refractivity (Wildman–Crippen MR) is 115 cm³/mol.